The summed E-state index contributed by atoms with van der Waals surface area (Å²) in [6.45, 7) is 3.97. The smallest absolute Gasteiger partial charge is 0.356 e. The van der Waals surface area contributed by atoms with Crippen LogP contribution >= 0.6 is 0 Å². The van der Waals surface area contributed by atoms with E-state index in [9.17, 15) is 4.79 Å². The number of hydrogen-bond acceptors (Lipinski definition) is 4. The van der Waals surface area contributed by atoms with Gasteiger partial charge in [-0.15, -0.1) is 0 Å². The summed E-state index contributed by atoms with van der Waals surface area (Å²) >= 11 is 0. The van der Waals surface area contributed by atoms with Gasteiger partial charge in [0.1, 0.15) is 0 Å². The van der Waals surface area contributed by atoms with Gasteiger partial charge in [0.15, 0.2) is 11.3 Å². The third-order valence-electron chi connectivity index (χ3n) is 2.09. The summed E-state index contributed by atoms with van der Waals surface area (Å²) in [5, 5.41) is 0. The van der Waals surface area contributed by atoms with Crippen molar-refractivity contribution >= 4 is 11.6 Å². The van der Waals surface area contributed by atoms with Crippen molar-refractivity contribution in [3.05, 3.63) is 30.0 Å². The summed E-state index contributed by atoms with van der Waals surface area (Å²) < 4.78 is 6.59. The van der Waals surface area contributed by atoms with Crippen LogP contribution in [0.5, 0.6) is 0 Å². The van der Waals surface area contributed by atoms with Crippen molar-refractivity contribution in [2.24, 2.45) is 0 Å². The minimum atomic E-state index is -0.365. The van der Waals surface area contributed by atoms with Crippen LogP contribution in [0.2, 0.25) is 0 Å². The topological polar surface area (TPSA) is 56.5 Å². The predicted molar refractivity (Wildman–Crippen MR) is 53.7 cm³/mol. The van der Waals surface area contributed by atoms with Crippen LogP contribution in [-0.4, -0.2) is 26.9 Å². The number of nitrogens with zero attached hydrogens (tertiary/aromatic N) is 3. The highest BCUT2D eigenvalue weighted by atomic mass is 16.5. The van der Waals surface area contributed by atoms with Gasteiger partial charge in [0.05, 0.1) is 18.5 Å². The quantitative estimate of drug-likeness (QED) is 0.691. The second kappa shape index (κ2) is 3.68. The monoisotopic (exact) mass is 205 g/mol. The molecule has 2 heterocycles. The number of aromatic nitrogens is 3. The van der Waals surface area contributed by atoms with Crippen molar-refractivity contribution in [3.8, 4) is 0 Å². The molecule has 0 unspecified atom stereocenters. The molecule has 0 atom stereocenters. The lowest BCUT2D eigenvalue weighted by molar-refractivity contribution is 0.0518. The molecule has 0 amide bonds. The highest BCUT2D eigenvalue weighted by Crippen LogP contribution is 2.09. The van der Waals surface area contributed by atoms with Gasteiger partial charge < -0.3 is 4.74 Å². The van der Waals surface area contributed by atoms with E-state index in [0.717, 1.165) is 5.69 Å². The molecule has 5 nitrogen and oxygen atoms in total. The van der Waals surface area contributed by atoms with E-state index in [0.29, 0.717) is 17.9 Å². The van der Waals surface area contributed by atoms with Gasteiger partial charge in [0.2, 0.25) is 0 Å². The Hall–Kier alpha value is -1.91. The molecule has 0 spiro atoms. The first-order valence-electron chi connectivity index (χ1n) is 4.70. The molecule has 0 fully saturated rings. The molecule has 0 aliphatic carbocycles. The fourth-order valence-electron chi connectivity index (χ4n) is 1.41. The van der Waals surface area contributed by atoms with Crippen LogP contribution in [0.1, 0.15) is 23.1 Å². The number of ether oxygens (including phenoxy) is 1. The lowest BCUT2D eigenvalue weighted by atomic mass is 10.4. The van der Waals surface area contributed by atoms with Crippen molar-refractivity contribution in [1.29, 1.82) is 0 Å². The van der Waals surface area contributed by atoms with E-state index in [1.807, 2.05) is 6.92 Å². The Bertz CT molecular complexity index is 504. The van der Waals surface area contributed by atoms with Crippen LogP contribution < -0.4 is 0 Å². The molecule has 0 saturated heterocycles. The molecule has 2 aromatic rings. The molecule has 0 radical (unpaired) electrons. The van der Waals surface area contributed by atoms with Gasteiger partial charge in [-0.05, 0) is 13.8 Å². The van der Waals surface area contributed by atoms with E-state index in [-0.39, 0.29) is 5.97 Å². The molecule has 0 aromatic carbocycles. The summed E-state index contributed by atoms with van der Waals surface area (Å²) in [4.78, 5) is 19.7. The number of rotatable bonds is 2. The molecule has 0 saturated carbocycles. The van der Waals surface area contributed by atoms with Gasteiger partial charge in [0.25, 0.3) is 0 Å². The maximum Gasteiger partial charge on any atom is 0.356 e. The lowest BCUT2D eigenvalue weighted by Crippen LogP contribution is -2.08. The maximum absolute atomic E-state index is 11.5. The number of esters is 1. The van der Waals surface area contributed by atoms with E-state index in [2.05, 4.69) is 9.97 Å². The molecule has 0 N–H and O–H groups in total. The lowest BCUT2D eigenvalue weighted by Gasteiger charge is -2.01. The van der Waals surface area contributed by atoms with Crippen molar-refractivity contribution in [3.63, 3.8) is 0 Å². The highest BCUT2D eigenvalue weighted by Gasteiger charge is 2.13. The minimum absolute atomic E-state index is 0.357. The molecule has 2 rings (SSSR count). The van der Waals surface area contributed by atoms with Crippen molar-refractivity contribution in [1.82, 2.24) is 14.4 Å². The van der Waals surface area contributed by atoms with Crippen LogP contribution in [-0.2, 0) is 4.74 Å². The van der Waals surface area contributed by atoms with Gasteiger partial charge in [-0.3, -0.25) is 9.38 Å². The minimum Gasteiger partial charge on any atom is -0.461 e. The third kappa shape index (κ3) is 1.56. The van der Waals surface area contributed by atoms with Crippen LogP contribution in [0.3, 0.4) is 0 Å². The molecule has 0 aliphatic heterocycles. The maximum atomic E-state index is 11.5. The van der Waals surface area contributed by atoms with E-state index in [1.54, 1.807) is 23.7 Å². The second-order valence-electron chi connectivity index (χ2n) is 3.07. The van der Waals surface area contributed by atoms with Crippen molar-refractivity contribution in [2.45, 2.75) is 13.8 Å². The van der Waals surface area contributed by atoms with Gasteiger partial charge >= 0.3 is 5.97 Å². The van der Waals surface area contributed by atoms with Gasteiger partial charge in [-0.2, -0.15) is 0 Å². The fourth-order valence-corrected chi connectivity index (χ4v) is 1.41. The Kier molecular flexibility index (Phi) is 2.37. The molecular formula is C10H11N3O2. The number of aryl methyl sites for hydroxylation is 1. The van der Waals surface area contributed by atoms with Crippen LogP contribution in [0.25, 0.3) is 5.65 Å². The van der Waals surface area contributed by atoms with Crippen LogP contribution in [0.4, 0.5) is 0 Å². The Balaban J connectivity index is 2.54. The first-order chi connectivity index (χ1) is 7.24. The molecule has 15 heavy (non-hydrogen) atoms. The number of fused-ring (bicyclic) bond motifs is 1. The Labute approximate surface area is 86.7 Å². The third-order valence-corrected chi connectivity index (χ3v) is 2.09. The number of hydrogen-bond donors (Lipinski definition) is 0. The molecule has 0 aliphatic rings. The standard InChI is InChI=1S/C10H11N3O2/c1-3-15-10(14)8-6-12-9-7(2)11-4-5-13(8)9/h4-6H,3H2,1-2H3. The summed E-state index contributed by atoms with van der Waals surface area (Å²) in [7, 11) is 0. The fraction of sp³-hybridized carbons (Fsp3) is 0.300. The molecule has 2 aromatic heterocycles. The summed E-state index contributed by atoms with van der Waals surface area (Å²) in [6.07, 6.45) is 4.83. The van der Waals surface area contributed by atoms with E-state index >= 15 is 0 Å². The SMILES string of the molecule is CCOC(=O)c1cnc2c(C)nccn12. The average Bonchev–Trinajstić information content (AvgIpc) is 2.63. The normalized spacial score (nSPS) is 10.5. The van der Waals surface area contributed by atoms with Crippen LogP contribution in [0.15, 0.2) is 18.6 Å². The Morgan fingerprint density at radius 1 is 1.53 bits per heavy atom. The zero-order chi connectivity index (χ0) is 10.8. The second-order valence-corrected chi connectivity index (χ2v) is 3.07. The van der Waals surface area contributed by atoms with Crippen molar-refractivity contribution < 1.29 is 9.53 Å². The summed E-state index contributed by atoms with van der Waals surface area (Å²) in [5.74, 6) is -0.365. The Morgan fingerprint density at radius 2 is 2.33 bits per heavy atom. The molecule has 0 bridgehead atoms. The number of carbonyl (C=O) groups is 1. The zero-order valence-electron chi connectivity index (χ0n) is 8.60. The van der Waals surface area contributed by atoms with Crippen LogP contribution in [0, 0.1) is 6.92 Å². The zero-order valence-corrected chi connectivity index (χ0v) is 8.60. The first kappa shape index (κ1) is 9.64. The summed E-state index contributed by atoms with van der Waals surface area (Å²) in [6, 6.07) is 0. The number of imidazole rings is 1. The van der Waals surface area contributed by atoms with E-state index in [4.69, 9.17) is 4.74 Å². The average molecular weight is 205 g/mol. The molecule has 78 valence electrons. The van der Waals surface area contributed by atoms with E-state index < -0.39 is 0 Å². The van der Waals surface area contributed by atoms with Gasteiger partial charge in [-0.25, -0.2) is 9.78 Å². The van der Waals surface area contributed by atoms with Crippen molar-refractivity contribution in [2.75, 3.05) is 6.61 Å². The Morgan fingerprint density at radius 3 is 3.07 bits per heavy atom. The predicted octanol–water partition coefficient (Wildman–Crippen LogP) is 1.21. The number of carbonyl (C=O) groups excluding carboxylic acids is 1. The summed E-state index contributed by atoms with van der Waals surface area (Å²) in [5.41, 5.74) is 1.89. The van der Waals surface area contributed by atoms with Gasteiger partial charge in [-0.1, -0.05) is 0 Å². The first-order valence-corrected chi connectivity index (χ1v) is 4.70. The molecular weight excluding hydrogens is 194 g/mol. The molecule has 5 heteroatoms. The van der Waals surface area contributed by atoms with E-state index in [1.165, 1.54) is 6.20 Å². The van der Waals surface area contributed by atoms with Gasteiger partial charge in [0, 0.05) is 12.4 Å². The largest absolute Gasteiger partial charge is 0.461 e. The highest BCUT2D eigenvalue weighted by molar-refractivity contribution is 5.88.